The highest BCUT2D eigenvalue weighted by Crippen LogP contribution is 2.24. The van der Waals surface area contributed by atoms with Gasteiger partial charge >= 0.3 is 0 Å². The normalized spacial score (nSPS) is 12.8. The Hall–Kier alpha value is -3.41. The van der Waals surface area contributed by atoms with Gasteiger partial charge in [-0.15, -0.1) is 0 Å². The fourth-order valence-electron chi connectivity index (χ4n) is 4.14. The zero-order valence-electron chi connectivity index (χ0n) is 22.3. The molecular formula is C29H38N4O2. The van der Waals surface area contributed by atoms with Crippen LogP contribution in [0.25, 0.3) is 0 Å². The second-order valence-electron chi connectivity index (χ2n) is 9.72. The van der Waals surface area contributed by atoms with Crippen molar-refractivity contribution in [2.24, 2.45) is 0 Å². The van der Waals surface area contributed by atoms with Gasteiger partial charge in [0, 0.05) is 5.69 Å². The number of nitrogens with zero attached hydrogens (tertiary/aromatic N) is 3. The second-order valence-corrected chi connectivity index (χ2v) is 9.72. The molecule has 0 spiro atoms. The summed E-state index contributed by atoms with van der Waals surface area (Å²) in [7, 11) is 0. The average molecular weight is 475 g/mol. The number of hydrogen-bond acceptors (Lipinski definition) is 3. The van der Waals surface area contributed by atoms with E-state index in [0.717, 1.165) is 28.1 Å². The van der Waals surface area contributed by atoms with Crippen LogP contribution in [0.15, 0.2) is 42.7 Å². The smallest absolute Gasteiger partial charge is 0.243 e. The Morgan fingerprint density at radius 2 is 1.46 bits per heavy atom. The van der Waals surface area contributed by atoms with Gasteiger partial charge in [0.2, 0.25) is 11.8 Å². The lowest BCUT2D eigenvalue weighted by atomic mass is 10.0. The van der Waals surface area contributed by atoms with E-state index in [-0.39, 0.29) is 37.0 Å². The van der Waals surface area contributed by atoms with Gasteiger partial charge in [0.05, 0.1) is 24.1 Å². The Balaban J connectivity index is 1.82. The summed E-state index contributed by atoms with van der Waals surface area (Å²) in [6.07, 6.45) is 1.68. The molecule has 1 N–H and O–H groups in total. The van der Waals surface area contributed by atoms with Crippen molar-refractivity contribution in [2.75, 3.05) is 6.54 Å². The average Bonchev–Trinajstić information content (AvgIpc) is 3.12. The van der Waals surface area contributed by atoms with E-state index in [9.17, 15) is 9.59 Å². The van der Waals surface area contributed by atoms with Crippen molar-refractivity contribution in [1.82, 2.24) is 19.8 Å². The number of amides is 2. The van der Waals surface area contributed by atoms with Crippen molar-refractivity contribution in [3.05, 3.63) is 87.5 Å². The van der Waals surface area contributed by atoms with Gasteiger partial charge < -0.3 is 14.8 Å². The zero-order valence-corrected chi connectivity index (χ0v) is 22.3. The van der Waals surface area contributed by atoms with Crippen LogP contribution in [0.5, 0.6) is 0 Å². The van der Waals surface area contributed by atoms with Crippen LogP contribution < -0.4 is 5.32 Å². The predicted octanol–water partition coefficient (Wildman–Crippen LogP) is 5.20. The summed E-state index contributed by atoms with van der Waals surface area (Å²) in [5, 5.41) is 3.08. The number of carbonyl (C=O) groups excluding carboxylic acids is 2. The molecule has 3 aromatic rings. The van der Waals surface area contributed by atoms with Gasteiger partial charge in [-0.1, -0.05) is 36.4 Å². The molecule has 2 atom stereocenters. The molecule has 1 aromatic heterocycles. The number of nitrogens with one attached hydrogen (secondary N) is 1. The van der Waals surface area contributed by atoms with Crippen molar-refractivity contribution < 1.29 is 9.59 Å². The first kappa shape index (κ1) is 26.2. The van der Waals surface area contributed by atoms with Crippen LogP contribution in [0.1, 0.15) is 70.7 Å². The predicted molar refractivity (Wildman–Crippen MR) is 140 cm³/mol. The summed E-state index contributed by atoms with van der Waals surface area (Å²) < 4.78 is 1.84. The molecule has 1 heterocycles. The van der Waals surface area contributed by atoms with Gasteiger partial charge in [-0.25, -0.2) is 4.98 Å². The highest BCUT2D eigenvalue weighted by molar-refractivity contribution is 5.85. The van der Waals surface area contributed by atoms with E-state index in [2.05, 4.69) is 62.3 Å². The molecule has 3 rings (SSSR count). The van der Waals surface area contributed by atoms with E-state index < -0.39 is 0 Å². The first-order chi connectivity index (χ1) is 16.5. The van der Waals surface area contributed by atoms with Crippen molar-refractivity contribution in [2.45, 2.75) is 74.0 Å². The number of aryl methyl sites for hydroxylation is 5. The fraction of sp³-hybridized carbons (Fsp3) is 0.414. The highest BCUT2D eigenvalue weighted by Gasteiger charge is 2.26. The van der Waals surface area contributed by atoms with Gasteiger partial charge in [-0.3, -0.25) is 9.59 Å². The topological polar surface area (TPSA) is 67.2 Å². The standard InChI is InChI=1S/C29H38N4O2/c1-18-9-11-26(13-20(18)3)23(6)31-28(34)15-33(25(8)27-12-10-19(2)21(4)14-27)29(35)16-32-17-30-22(5)24(32)7/h9-14,17,23,25H,15-16H2,1-8H3,(H,31,34)/t23-,25-/m1/s1. The molecule has 35 heavy (non-hydrogen) atoms. The Morgan fingerprint density at radius 1 is 0.886 bits per heavy atom. The monoisotopic (exact) mass is 474 g/mol. The number of hydrogen-bond donors (Lipinski definition) is 1. The molecule has 6 heteroatoms. The lowest BCUT2D eigenvalue weighted by molar-refractivity contribution is -0.139. The third kappa shape index (κ3) is 6.18. The minimum atomic E-state index is -0.255. The molecule has 6 nitrogen and oxygen atoms in total. The number of rotatable bonds is 8. The van der Waals surface area contributed by atoms with Crippen LogP contribution in [0.2, 0.25) is 0 Å². The van der Waals surface area contributed by atoms with Crippen LogP contribution in [0, 0.1) is 41.5 Å². The molecule has 0 aliphatic carbocycles. The number of benzene rings is 2. The summed E-state index contributed by atoms with van der Waals surface area (Å²) in [6.45, 7) is 16.2. The molecule has 0 aliphatic rings. The van der Waals surface area contributed by atoms with Crippen LogP contribution in [0.4, 0.5) is 0 Å². The maximum atomic E-state index is 13.5. The Bertz CT molecular complexity index is 1230. The quantitative estimate of drug-likeness (QED) is 0.488. The maximum absolute atomic E-state index is 13.5. The van der Waals surface area contributed by atoms with Gasteiger partial charge in [0.25, 0.3) is 0 Å². The fourth-order valence-corrected chi connectivity index (χ4v) is 4.14. The van der Waals surface area contributed by atoms with Crippen molar-refractivity contribution in [3.8, 4) is 0 Å². The van der Waals surface area contributed by atoms with Gasteiger partial charge in [0.15, 0.2) is 0 Å². The summed E-state index contributed by atoms with van der Waals surface area (Å²) in [4.78, 5) is 32.6. The van der Waals surface area contributed by atoms with E-state index in [1.807, 2.05) is 44.4 Å². The number of carbonyl (C=O) groups is 2. The van der Waals surface area contributed by atoms with Crippen LogP contribution in [-0.2, 0) is 16.1 Å². The van der Waals surface area contributed by atoms with Crippen molar-refractivity contribution in [3.63, 3.8) is 0 Å². The van der Waals surface area contributed by atoms with E-state index in [0.29, 0.717) is 0 Å². The van der Waals surface area contributed by atoms with E-state index in [4.69, 9.17) is 0 Å². The Kier molecular flexibility index (Phi) is 8.15. The third-order valence-corrected chi connectivity index (χ3v) is 7.17. The van der Waals surface area contributed by atoms with Crippen molar-refractivity contribution in [1.29, 1.82) is 0 Å². The van der Waals surface area contributed by atoms with E-state index in [1.165, 1.54) is 16.7 Å². The summed E-state index contributed by atoms with van der Waals surface area (Å²) in [5.74, 6) is -0.302. The van der Waals surface area contributed by atoms with E-state index in [1.54, 1.807) is 11.2 Å². The molecule has 0 aliphatic heterocycles. The molecule has 0 bridgehead atoms. The third-order valence-electron chi connectivity index (χ3n) is 7.17. The molecule has 0 radical (unpaired) electrons. The van der Waals surface area contributed by atoms with Gasteiger partial charge in [-0.2, -0.15) is 0 Å². The SMILES string of the molecule is Cc1ccc([C@@H](C)N(CC(=O)N[C@H](C)c2ccc(C)c(C)c2)C(=O)Cn2cnc(C)c2C)cc1C. The molecule has 0 saturated carbocycles. The van der Waals surface area contributed by atoms with Gasteiger partial charge in [-0.05, 0) is 88.8 Å². The highest BCUT2D eigenvalue weighted by atomic mass is 16.2. The van der Waals surface area contributed by atoms with Crippen LogP contribution >= 0.6 is 0 Å². The lowest BCUT2D eigenvalue weighted by Gasteiger charge is -2.30. The lowest BCUT2D eigenvalue weighted by Crippen LogP contribution is -2.44. The molecule has 2 aromatic carbocycles. The first-order valence-electron chi connectivity index (χ1n) is 12.2. The Labute approximate surface area is 209 Å². The van der Waals surface area contributed by atoms with Crippen LogP contribution in [-0.4, -0.2) is 32.8 Å². The summed E-state index contributed by atoms with van der Waals surface area (Å²) in [6, 6.07) is 12.0. The molecule has 0 fully saturated rings. The number of imidazole rings is 1. The zero-order chi connectivity index (χ0) is 25.9. The maximum Gasteiger partial charge on any atom is 0.243 e. The van der Waals surface area contributed by atoms with E-state index >= 15 is 0 Å². The molecule has 186 valence electrons. The minimum absolute atomic E-state index is 0.0190. The molecule has 2 amide bonds. The largest absolute Gasteiger partial charge is 0.348 e. The summed E-state index contributed by atoms with van der Waals surface area (Å²) in [5.41, 5.74) is 8.67. The first-order valence-corrected chi connectivity index (χ1v) is 12.2. The Morgan fingerprint density at radius 3 is 2.00 bits per heavy atom. The molecular weight excluding hydrogens is 436 g/mol. The van der Waals surface area contributed by atoms with Crippen molar-refractivity contribution >= 4 is 11.8 Å². The second kappa shape index (κ2) is 10.9. The molecule has 0 saturated heterocycles. The molecule has 0 unspecified atom stereocenters. The minimum Gasteiger partial charge on any atom is -0.348 e. The number of aromatic nitrogens is 2. The van der Waals surface area contributed by atoms with Gasteiger partial charge in [0.1, 0.15) is 13.1 Å². The van der Waals surface area contributed by atoms with Crippen LogP contribution in [0.3, 0.4) is 0 Å². The summed E-state index contributed by atoms with van der Waals surface area (Å²) >= 11 is 0.